The number of rotatable bonds is 6. The van der Waals surface area contributed by atoms with Crippen LogP contribution in [0.25, 0.3) is 10.9 Å². The number of fused-ring (bicyclic) bond motifs is 1. The summed E-state index contributed by atoms with van der Waals surface area (Å²) in [7, 11) is 0. The molecule has 7 nitrogen and oxygen atoms in total. The van der Waals surface area contributed by atoms with Crippen molar-refractivity contribution in [1.82, 2.24) is 25.3 Å². The molecule has 2 saturated heterocycles. The van der Waals surface area contributed by atoms with Crippen molar-refractivity contribution in [2.24, 2.45) is 5.92 Å². The summed E-state index contributed by atoms with van der Waals surface area (Å²) in [5, 5.41) is 12.0. The summed E-state index contributed by atoms with van der Waals surface area (Å²) >= 11 is 0. The topological polar surface area (TPSA) is 71.4 Å². The Kier molecular flexibility index (Phi) is 5.19. The average Bonchev–Trinajstić information content (AvgIpc) is 2.99. The monoisotopic (exact) mass is 357 g/mol. The van der Waals surface area contributed by atoms with E-state index in [0.29, 0.717) is 12.5 Å². The molecule has 4 rings (SSSR count). The molecule has 2 aliphatic heterocycles. The molecule has 0 aliphatic carbocycles. The second kappa shape index (κ2) is 7.73. The van der Waals surface area contributed by atoms with Crippen LogP contribution in [0.4, 0.5) is 0 Å². The fourth-order valence-corrected chi connectivity index (χ4v) is 3.56. The summed E-state index contributed by atoms with van der Waals surface area (Å²) in [6.45, 7) is 10.0. The Balaban J connectivity index is 1.39. The number of nitrogens with zero attached hydrogens (tertiary/aromatic N) is 3. The van der Waals surface area contributed by atoms with Crippen LogP contribution in [0, 0.1) is 12.8 Å². The molecule has 1 amide bonds. The molecule has 0 atom stereocenters. The zero-order valence-electron chi connectivity index (χ0n) is 15.3. The molecule has 0 spiro atoms. The van der Waals surface area contributed by atoms with Crippen LogP contribution in [0.15, 0.2) is 18.3 Å². The van der Waals surface area contributed by atoms with Crippen LogP contribution in [0.3, 0.4) is 0 Å². The minimum Gasteiger partial charge on any atom is -0.379 e. The number of amides is 1. The minimum absolute atomic E-state index is 0.00592. The van der Waals surface area contributed by atoms with Gasteiger partial charge in [-0.1, -0.05) is 0 Å². The maximum Gasteiger partial charge on any atom is 0.251 e. The molecule has 0 saturated carbocycles. The lowest BCUT2D eigenvalue weighted by atomic mass is 10.0. The molecule has 2 fully saturated rings. The number of hydrogen-bond acceptors (Lipinski definition) is 5. The maximum atomic E-state index is 12.6. The van der Waals surface area contributed by atoms with Gasteiger partial charge in [0.05, 0.1) is 18.7 Å². The fraction of sp³-hybridized carbons (Fsp3) is 0.579. The van der Waals surface area contributed by atoms with Crippen molar-refractivity contribution in [2.75, 3.05) is 52.5 Å². The number of ether oxygens (including phenoxy) is 1. The van der Waals surface area contributed by atoms with Gasteiger partial charge in [0.15, 0.2) is 0 Å². The van der Waals surface area contributed by atoms with E-state index >= 15 is 0 Å². The number of morpholine rings is 1. The van der Waals surface area contributed by atoms with Gasteiger partial charge >= 0.3 is 0 Å². The molecule has 0 unspecified atom stereocenters. The first kappa shape index (κ1) is 17.5. The van der Waals surface area contributed by atoms with Gasteiger partial charge in [-0.05, 0) is 24.6 Å². The zero-order chi connectivity index (χ0) is 17.9. The normalized spacial score (nSPS) is 18.8. The van der Waals surface area contributed by atoms with Crippen LogP contribution < -0.4 is 10.6 Å². The first-order valence-corrected chi connectivity index (χ1v) is 9.46. The van der Waals surface area contributed by atoms with E-state index in [1.54, 1.807) is 0 Å². The van der Waals surface area contributed by atoms with Crippen molar-refractivity contribution >= 4 is 16.8 Å². The van der Waals surface area contributed by atoms with E-state index in [0.717, 1.165) is 74.5 Å². The van der Waals surface area contributed by atoms with Crippen molar-refractivity contribution < 1.29 is 9.53 Å². The number of nitrogens with one attached hydrogen (secondary N) is 2. The van der Waals surface area contributed by atoms with Gasteiger partial charge in [0.1, 0.15) is 0 Å². The average molecular weight is 357 g/mol. The molecule has 2 aromatic rings. The van der Waals surface area contributed by atoms with Gasteiger partial charge in [-0.3, -0.25) is 14.4 Å². The van der Waals surface area contributed by atoms with E-state index in [4.69, 9.17) is 4.74 Å². The Labute approximate surface area is 153 Å². The van der Waals surface area contributed by atoms with Gasteiger partial charge in [-0.15, -0.1) is 0 Å². The van der Waals surface area contributed by atoms with Crippen molar-refractivity contribution in [2.45, 2.75) is 13.5 Å². The number of hydrogen-bond donors (Lipinski definition) is 2. The van der Waals surface area contributed by atoms with E-state index < -0.39 is 0 Å². The highest BCUT2D eigenvalue weighted by Gasteiger charge is 2.18. The molecule has 1 aromatic carbocycles. The SMILES string of the molecule is Cc1cc2nn(CC3CNC3)cc2cc1C(=O)NCCN1CCOCC1. The molecule has 0 bridgehead atoms. The molecule has 7 heteroatoms. The number of aromatic nitrogens is 2. The molecule has 2 N–H and O–H groups in total. The smallest absolute Gasteiger partial charge is 0.251 e. The lowest BCUT2D eigenvalue weighted by Crippen LogP contribution is -2.44. The van der Waals surface area contributed by atoms with Crippen LogP contribution in [0.1, 0.15) is 15.9 Å². The van der Waals surface area contributed by atoms with Gasteiger partial charge in [0.25, 0.3) is 5.91 Å². The highest BCUT2D eigenvalue weighted by Crippen LogP contribution is 2.20. The minimum atomic E-state index is -0.00592. The largest absolute Gasteiger partial charge is 0.379 e. The molecule has 140 valence electrons. The van der Waals surface area contributed by atoms with Crippen molar-refractivity contribution in [3.8, 4) is 0 Å². The Morgan fingerprint density at radius 2 is 2.15 bits per heavy atom. The fourth-order valence-electron chi connectivity index (χ4n) is 3.56. The third-order valence-electron chi connectivity index (χ3n) is 5.27. The molecule has 2 aliphatic rings. The second-order valence-electron chi connectivity index (χ2n) is 7.31. The summed E-state index contributed by atoms with van der Waals surface area (Å²) in [4.78, 5) is 14.9. The predicted molar refractivity (Wildman–Crippen MR) is 100 cm³/mol. The Hall–Kier alpha value is -1.96. The summed E-state index contributed by atoms with van der Waals surface area (Å²) in [5.74, 6) is 0.655. The third-order valence-corrected chi connectivity index (χ3v) is 5.27. The quantitative estimate of drug-likeness (QED) is 0.793. The van der Waals surface area contributed by atoms with Crippen LogP contribution in [-0.2, 0) is 11.3 Å². The number of benzene rings is 1. The zero-order valence-corrected chi connectivity index (χ0v) is 15.3. The van der Waals surface area contributed by atoms with Crippen molar-refractivity contribution in [3.63, 3.8) is 0 Å². The maximum absolute atomic E-state index is 12.6. The lowest BCUT2D eigenvalue weighted by Gasteiger charge is -2.26. The summed E-state index contributed by atoms with van der Waals surface area (Å²) < 4.78 is 7.36. The van der Waals surface area contributed by atoms with E-state index in [1.807, 2.05) is 23.7 Å². The predicted octanol–water partition coefficient (Wildman–Crippen LogP) is 0.626. The number of carbonyl (C=O) groups excluding carboxylic acids is 1. The van der Waals surface area contributed by atoms with E-state index in [9.17, 15) is 4.79 Å². The summed E-state index contributed by atoms with van der Waals surface area (Å²) in [5.41, 5.74) is 2.67. The van der Waals surface area contributed by atoms with Crippen LogP contribution in [0.2, 0.25) is 0 Å². The highest BCUT2D eigenvalue weighted by molar-refractivity contribution is 5.99. The Morgan fingerprint density at radius 3 is 2.88 bits per heavy atom. The second-order valence-corrected chi connectivity index (χ2v) is 7.31. The molecule has 0 radical (unpaired) electrons. The van der Waals surface area contributed by atoms with Crippen LogP contribution in [0.5, 0.6) is 0 Å². The third kappa shape index (κ3) is 3.90. The molecular formula is C19H27N5O2. The molecule has 3 heterocycles. The van der Waals surface area contributed by atoms with E-state index in [1.165, 1.54) is 0 Å². The van der Waals surface area contributed by atoms with Crippen LogP contribution >= 0.6 is 0 Å². The lowest BCUT2D eigenvalue weighted by molar-refractivity contribution is 0.0383. The first-order valence-electron chi connectivity index (χ1n) is 9.46. The van der Waals surface area contributed by atoms with E-state index in [2.05, 4.69) is 26.8 Å². The van der Waals surface area contributed by atoms with E-state index in [-0.39, 0.29) is 5.91 Å². The van der Waals surface area contributed by atoms with Gasteiger partial charge < -0.3 is 15.4 Å². The van der Waals surface area contributed by atoms with Gasteiger partial charge in [0, 0.05) is 68.9 Å². The summed E-state index contributed by atoms with van der Waals surface area (Å²) in [6, 6.07) is 3.99. The Morgan fingerprint density at radius 1 is 1.35 bits per heavy atom. The number of carbonyl (C=O) groups is 1. The first-order chi connectivity index (χ1) is 12.7. The highest BCUT2D eigenvalue weighted by atomic mass is 16.5. The van der Waals surface area contributed by atoms with Crippen molar-refractivity contribution in [1.29, 1.82) is 0 Å². The van der Waals surface area contributed by atoms with Crippen LogP contribution in [-0.4, -0.2) is 73.1 Å². The molecular weight excluding hydrogens is 330 g/mol. The standard InChI is InChI=1S/C19H27N5O2/c1-14-8-18-16(13-24(22-18)12-15-10-20-11-15)9-17(14)19(25)21-2-3-23-4-6-26-7-5-23/h8-9,13,15,20H,2-7,10-12H2,1H3,(H,21,25). The van der Waals surface area contributed by atoms with Gasteiger partial charge in [0.2, 0.25) is 0 Å². The molecule has 26 heavy (non-hydrogen) atoms. The number of aryl methyl sites for hydroxylation is 1. The summed E-state index contributed by atoms with van der Waals surface area (Å²) in [6.07, 6.45) is 2.05. The van der Waals surface area contributed by atoms with Gasteiger partial charge in [-0.2, -0.15) is 5.10 Å². The van der Waals surface area contributed by atoms with Gasteiger partial charge in [-0.25, -0.2) is 0 Å². The van der Waals surface area contributed by atoms with Crippen molar-refractivity contribution in [3.05, 3.63) is 29.5 Å². The Bertz CT molecular complexity index is 778. The molecule has 1 aromatic heterocycles.